The molecule has 0 saturated heterocycles. The van der Waals surface area contributed by atoms with Gasteiger partial charge in [-0.15, -0.1) is 12.4 Å². The molecule has 0 spiro atoms. The molecular weight excluding hydrogens is 328 g/mol. The van der Waals surface area contributed by atoms with Gasteiger partial charge in [-0.3, -0.25) is 4.79 Å². The lowest BCUT2D eigenvalue weighted by molar-refractivity contribution is -0.120. The molecule has 24 heavy (non-hydrogen) atoms. The van der Waals surface area contributed by atoms with Gasteiger partial charge >= 0.3 is 0 Å². The van der Waals surface area contributed by atoms with Crippen LogP contribution in [0.4, 0.5) is 5.69 Å². The van der Waals surface area contributed by atoms with Crippen molar-refractivity contribution in [2.45, 2.75) is 13.0 Å². The topological polar surface area (TPSA) is 59.6 Å². The third-order valence-corrected chi connectivity index (χ3v) is 3.51. The molecule has 130 valence electrons. The number of methoxy groups -OCH3 is 2. The highest BCUT2D eigenvalue weighted by molar-refractivity contribution is 5.85. The SMILES string of the molecule is COc1ccc(OC)c(C(C)NC(=O)CNc2ccccc2)c1.Cl. The van der Waals surface area contributed by atoms with Crippen molar-refractivity contribution >= 4 is 24.0 Å². The summed E-state index contributed by atoms with van der Waals surface area (Å²) in [5.41, 5.74) is 1.79. The minimum Gasteiger partial charge on any atom is -0.497 e. The van der Waals surface area contributed by atoms with Gasteiger partial charge in [-0.25, -0.2) is 0 Å². The van der Waals surface area contributed by atoms with E-state index < -0.39 is 0 Å². The smallest absolute Gasteiger partial charge is 0.239 e. The molecule has 0 fully saturated rings. The lowest BCUT2D eigenvalue weighted by Crippen LogP contribution is -2.32. The van der Waals surface area contributed by atoms with Crippen molar-refractivity contribution in [1.29, 1.82) is 0 Å². The standard InChI is InChI=1S/C18H22N2O3.ClH/c1-13(16-11-15(22-2)9-10-17(16)23-3)20-18(21)12-19-14-7-5-4-6-8-14;/h4-11,13,19H,12H2,1-3H3,(H,20,21);1H. The minimum atomic E-state index is -0.190. The molecular formula is C18H23ClN2O3. The minimum absolute atomic E-state index is 0. The van der Waals surface area contributed by atoms with E-state index in [9.17, 15) is 4.79 Å². The maximum atomic E-state index is 12.1. The van der Waals surface area contributed by atoms with Gasteiger partial charge in [0.15, 0.2) is 0 Å². The predicted molar refractivity (Wildman–Crippen MR) is 98.3 cm³/mol. The quantitative estimate of drug-likeness (QED) is 0.803. The normalized spacial score (nSPS) is 11.0. The Bertz CT molecular complexity index is 650. The molecule has 2 N–H and O–H groups in total. The second kappa shape index (κ2) is 9.67. The van der Waals surface area contributed by atoms with Gasteiger partial charge in [0.25, 0.3) is 0 Å². The van der Waals surface area contributed by atoms with E-state index in [1.807, 2.05) is 55.5 Å². The van der Waals surface area contributed by atoms with Gasteiger partial charge in [-0.2, -0.15) is 0 Å². The van der Waals surface area contributed by atoms with Crippen LogP contribution in [0, 0.1) is 0 Å². The maximum absolute atomic E-state index is 12.1. The van der Waals surface area contributed by atoms with Gasteiger partial charge in [-0.1, -0.05) is 18.2 Å². The molecule has 1 atom stereocenters. The molecule has 0 heterocycles. The van der Waals surface area contributed by atoms with Crippen molar-refractivity contribution in [3.05, 3.63) is 54.1 Å². The van der Waals surface area contributed by atoms with Gasteiger partial charge in [0.1, 0.15) is 11.5 Å². The largest absolute Gasteiger partial charge is 0.497 e. The fraction of sp³-hybridized carbons (Fsp3) is 0.278. The average Bonchev–Trinajstić information content (AvgIpc) is 2.60. The van der Waals surface area contributed by atoms with Crippen LogP contribution in [-0.4, -0.2) is 26.7 Å². The Balaban J connectivity index is 0.00000288. The summed E-state index contributed by atoms with van der Waals surface area (Å²) < 4.78 is 10.6. The number of anilines is 1. The Hall–Kier alpha value is -2.40. The summed E-state index contributed by atoms with van der Waals surface area (Å²) in [5.74, 6) is 1.35. The first-order valence-electron chi connectivity index (χ1n) is 7.44. The molecule has 5 nitrogen and oxygen atoms in total. The van der Waals surface area contributed by atoms with Crippen LogP contribution < -0.4 is 20.1 Å². The van der Waals surface area contributed by atoms with Gasteiger partial charge in [0.05, 0.1) is 26.8 Å². The second-order valence-electron chi connectivity index (χ2n) is 5.12. The summed E-state index contributed by atoms with van der Waals surface area (Å²) in [4.78, 5) is 12.1. The Kier molecular flexibility index (Phi) is 7.92. The molecule has 1 amide bonds. The zero-order chi connectivity index (χ0) is 16.7. The van der Waals surface area contributed by atoms with Crippen molar-refractivity contribution in [3.8, 4) is 11.5 Å². The fourth-order valence-electron chi connectivity index (χ4n) is 2.29. The molecule has 0 bridgehead atoms. The number of amides is 1. The van der Waals surface area contributed by atoms with Crippen molar-refractivity contribution < 1.29 is 14.3 Å². The summed E-state index contributed by atoms with van der Waals surface area (Å²) >= 11 is 0. The van der Waals surface area contributed by atoms with E-state index in [-0.39, 0.29) is 30.9 Å². The van der Waals surface area contributed by atoms with Gasteiger partial charge in [0.2, 0.25) is 5.91 Å². The molecule has 0 aliphatic rings. The second-order valence-corrected chi connectivity index (χ2v) is 5.12. The lowest BCUT2D eigenvalue weighted by Gasteiger charge is -2.18. The van der Waals surface area contributed by atoms with Crippen LogP contribution in [0.1, 0.15) is 18.5 Å². The van der Waals surface area contributed by atoms with Crippen molar-refractivity contribution in [1.82, 2.24) is 5.32 Å². The van der Waals surface area contributed by atoms with Gasteiger partial charge in [0, 0.05) is 11.3 Å². The van der Waals surface area contributed by atoms with Gasteiger partial charge in [-0.05, 0) is 37.3 Å². The van der Waals surface area contributed by atoms with E-state index in [1.165, 1.54) is 0 Å². The summed E-state index contributed by atoms with van der Waals surface area (Å²) in [6.07, 6.45) is 0. The van der Waals surface area contributed by atoms with Crippen LogP contribution in [0.3, 0.4) is 0 Å². The van der Waals surface area contributed by atoms with E-state index in [4.69, 9.17) is 9.47 Å². The summed E-state index contributed by atoms with van der Waals surface area (Å²) in [6.45, 7) is 2.12. The summed E-state index contributed by atoms with van der Waals surface area (Å²) in [6, 6.07) is 15.0. The van der Waals surface area contributed by atoms with E-state index >= 15 is 0 Å². The Morgan fingerprint density at radius 1 is 1.08 bits per heavy atom. The number of benzene rings is 2. The Morgan fingerprint density at radius 2 is 1.79 bits per heavy atom. The van der Waals surface area contributed by atoms with E-state index in [0.29, 0.717) is 0 Å². The highest BCUT2D eigenvalue weighted by Crippen LogP contribution is 2.29. The average molecular weight is 351 g/mol. The lowest BCUT2D eigenvalue weighted by atomic mass is 10.1. The number of rotatable bonds is 7. The first-order chi connectivity index (χ1) is 11.1. The van der Waals surface area contributed by atoms with Crippen LogP contribution in [-0.2, 0) is 4.79 Å². The molecule has 0 aliphatic carbocycles. The zero-order valence-electron chi connectivity index (χ0n) is 14.0. The first-order valence-corrected chi connectivity index (χ1v) is 7.44. The number of hydrogen-bond acceptors (Lipinski definition) is 4. The van der Waals surface area contributed by atoms with Crippen LogP contribution in [0.2, 0.25) is 0 Å². The van der Waals surface area contributed by atoms with Crippen molar-refractivity contribution in [3.63, 3.8) is 0 Å². The highest BCUT2D eigenvalue weighted by atomic mass is 35.5. The van der Waals surface area contributed by atoms with Crippen molar-refractivity contribution in [2.24, 2.45) is 0 Å². The predicted octanol–water partition coefficient (Wildman–Crippen LogP) is 3.41. The molecule has 2 aromatic carbocycles. The number of hydrogen-bond donors (Lipinski definition) is 2. The van der Waals surface area contributed by atoms with Gasteiger partial charge < -0.3 is 20.1 Å². The summed E-state index contributed by atoms with van der Waals surface area (Å²) in [7, 11) is 3.22. The molecule has 0 aromatic heterocycles. The number of nitrogens with one attached hydrogen (secondary N) is 2. The van der Waals surface area contributed by atoms with E-state index in [1.54, 1.807) is 14.2 Å². The number of para-hydroxylation sites is 1. The Labute approximate surface area is 148 Å². The molecule has 0 aliphatic heterocycles. The van der Waals surface area contributed by atoms with E-state index in [2.05, 4.69) is 10.6 Å². The third kappa shape index (κ3) is 5.35. The van der Waals surface area contributed by atoms with E-state index in [0.717, 1.165) is 22.7 Å². The van der Waals surface area contributed by atoms with Crippen LogP contribution in [0.25, 0.3) is 0 Å². The van der Waals surface area contributed by atoms with Crippen LogP contribution >= 0.6 is 12.4 Å². The molecule has 0 radical (unpaired) electrons. The molecule has 2 aromatic rings. The maximum Gasteiger partial charge on any atom is 0.239 e. The molecule has 2 rings (SSSR count). The zero-order valence-corrected chi connectivity index (χ0v) is 14.9. The van der Waals surface area contributed by atoms with Crippen molar-refractivity contribution in [2.75, 3.05) is 26.1 Å². The fourth-order valence-corrected chi connectivity index (χ4v) is 2.29. The monoisotopic (exact) mass is 350 g/mol. The number of halogens is 1. The van der Waals surface area contributed by atoms with Crippen LogP contribution in [0.5, 0.6) is 11.5 Å². The first kappa shape index (κ1) is 19.6. The molecule has 1 unspecified atom stereocenters. The number of carbonyl (C=O) groups is 1. The third-order valence-electron chi connectivity index (χ3n) is 3.51. The summed E-state index contributed by atoms with van der Waals surface area (Å²) in [5, 5.41) is 6.04. The van der Waals surface area contributed by atoms with Crippen LogP contribution in [0.15, 0.2) is 48.5 Å². The number of carbonyl (C=O) groups excluding carboxylic acids is 1. The Morgan fingerprint density at radius 3 is 2.42 bits per heavy atom. The molecule has 6 heteroatoms. The number of ether oxygens (including phenoxy) is 2. The highest BCUT2D eigenvalue weighted by Gasteiger charge is 2.15. The molecule has 0 saturated carbocycles.